The average molecular weight is 238 g/mol. The van der Waals surface area contributed by atoms with Crippen molar-refractivity contribution in [1.82, 2.24) is 9.97 Å². The number of aromatic nitrogens is 2. The molecule has 0 radical (unpaired) electrons. The van der Waals surface area contributed by atoms with E-state index in [1.54, 1.807) is 0 Å². The summed E-state index contributed by atoms with van der Waals surface area (Å²) in [6.07, 6.45) is 3.54. The van der Waals surface area contributed by atoms with E-state index in [0.29, 0.717) is 23.3 Å². The lowest BCUT2D eigenvalue weighted by Gasteiger charge is -2.33. The van der Waals surface area contributed by atoms with Gasteiger partial charge in [-0.1, -0.05) is 0 Å². The van der Waals surface area contributed by atoms with Gasteiger partial charge < -0.3 is 20.5 Å². The van der Waals surface area contributed by atoms with Gasteiger partial charge in [0.25, 0.3) is 0 Å². The molecule has 0 amide bonds. The summed E-state index contributed by atoms with van der Waals surface area (Å²) in [5.41, 5.74) is 6.42. The van der Waals surface area contributed by atoms with E-state index >= 15 is 0 Å². The van der Waals surface area contributed by atoms with Crippen LogP contribution in [-0.2, 0) is 0 Å². The second-order valence-corrected chi connectivity index (χ2v) is 4.26. The second kappa shape index (κ2) is 5.18. The van der Waals surface area contributed by atoms with E-state index in [0.717, 1.165) is 25.9 Å². The fraction of sp³-hybridized carbons (Fsp3) is 0.636. The van der Waals surface area contributed by atoms with Crippen LogP contribution in [0.25, 0.3) is 0 Å². The number of anilines is 2. The second-order valence-electron chi connectivity index (χ2n) is 4.26. The minimum Gasteiger partial charge on any atom is -0.479 e. The molecule has 3 N–H and O–H groups in total. The SMILES string of the molecule is COc1ncnc(N2CCCC(CO)C2)c1N. The van der Waals surface area contributed by atoms with E-state index in [9.17, 15) is 5.11 Å². The zero-order valence-corrected chi connectivity index (χ0v) is 9.96. The molecule has 1 aliphatic heterocycles. The quantitative estimate of drug-likeness (QED) is 0.786. The highest BCUT2D eigenvalue weighted by atomic mass is 16.5. The molecular formula is C11H18N4O2. The molecule has 1 unspecified atom stereocenters. The Kier molecular flexibility index (Phi) is 3.63. The highest BCUT2D eigenvalue weighted by Crippen LogP contribution is 2.30. The average Bonchev–Trinajstić information content (AvgIpc) is 2.39. The maximum atomic E-state index is 9.21. The Morgan fingerprint density at radius 3 is 3.12 bits per heavy atom. The van der Waals surface area contributed by atoms with Crippen molar-refractivity contribution in [2.24, 2.45) is 5.92 Å². The molecule has 94 valence electrons. The summed E-state index contributed by atoms with van der Waals surface area (Å²) >= 11 is 0. The predicted molar refractivity (Wildman–Crippen MR) is 65.0 cm³/mol. The number of nitrogens with two attached hydrogens (primary N) is 1. The molecule has 1 aromatic heterocycles. The van der Waals surface area contributed by atoms with Gasteiger partial charge in [-0.2, -0.15) is 4.98 Å². The third-order valence-electron chi connectivity index (χ3n) is 3.10. The van der Waals surface area contributed by atoms with Crippen LogP contribution in [0.1, 0.15) is 12.8 Å². The van der Waals surface area contributed by atoms with Gasteiger partial charge >= 0.3 is 0 Å². The van der Waals surface area contributed by atoms with Crippen molar-refractivity contribution in [3.63, 3.8) is 0 Å². The largest absolute Gasteiger partial charge is 0.479 e. The molecule has 17 heavy (non-hydrogen) atoms. The lowest BCUT2D eigenvalue weighted by atomic mass is 9.99. The number of hydrogen-bond acceptors (Lipinski definition) is 6. The predicted octanol–water partition coefficient (Wildman–Crippen LogP) is 0.276. The Morgan fingerprint density at radius 2 is 2.41 bits per heavy atom. The van der Waals surface area contributed by atoms with Crippen molar-refractivity contribution >= 4 is 11.5 Å². The smallest absolute Gasteiger partial charge is 0.242 e. The molecule has 6 nitrogen and oxygen atoms in total. The summed E-state index contributed by atoms with van der Waals surface area (Å²) < 4.78 is 5.08. The van der Waals surface area contributed by atoms with Gasteiger partial charge in [0, 0.05) is 19.7 Å². The number of hydrogen-bond donors (Lipinski definition) is 2. The standard InChI is InChI=1S/C11H18N4O2/c1-17-11-9(12)10(13-7-14-11)15-4-2-3-8(5-15)6-16/h7-8,16H,2-6,12H2,1H3. The first kappa shape index (κ1) is 11.9. The summed E-state index contributed by atoms with van der Waals surface area (Å²) in [6, 6.07) is 0. The zero-order valence-electron chi connectivity index (χ0n) is 9.96. The van der Waals surface area contributed by atoms with Crippen molar-refractivity contribution in [3.05, 3.63) is 6.33 Å². The third-order valence-corrected chi connectivity index (χ3v) is 3.10. The summed E-state index contributed by atoms with van der Waals surface area (Å²) in [7, 11) is 1.54. The monoisotopic (exact) mass is 238 g/mol. The summed E-state index contributed by atoms with van der Waals surface area (Å²) in [4.78, 5) is 10.3. The number of aliphatic hydroxyl groups excluding tert-OH is 1. The van der Waals surface area contributed by atoms with Crippen LogP contribution in [0.3, 0.4) is 0 Å². The Morgan fingerprint density at radius 1 is 1.59 bits per heavy atom. The van der Waals surface area contributed by atoms with E-state index in [4.69, 9.17) is 10.5 Å². The molecule has 1 atom stereocenters. The van der Waals surface area contributed by atoms with Crippen LogP contribution in [0, 0.1) is 5.92 Å². The fourth-order valence-electron chi connectivity index (χ4n) is 2.19. The first-order valence-electron chi connectivity index (χ1n) is 5.76. The van der Waals surface area contributed by atoms with Gasteiger partial charge in [-0.3, -0.25) is 0 Å². The van der Waals surface area contributed by atoms with Gasteiger partial charge in [0.05, 0.1) is 7.11 Å². The number of piperidine rings is 1. The first-order chi connectivity index (χ1) is 8.26. The van der Waals surface area contributed by atoms with Crippen LogP contribution < -0.4 is 15.4 Å². The minimum absolute atomic E-state index is 0.207. The lowest BCUT2D eigenvalue weighted by molar-refractivity contribution is 0.208. The van der Waals surface area contributed by atoms with Crippen LogP contribution in [0.5, 0.6) is 5.88 Å². The van der Waals surface area contributed by atoms with Crippen molar-refractivity contribution in [2.45, 2.75) is 12.8 Å². The van der Waals surface area contributed by atoms with Gasteiger partial charge in [0.1, 0.15) is 12.0 Å². The molecule has 2 rings (SSSR count). The summed E-state index contributed by atoms with van der Waals surface area (Å²) in [5, 5.41) is 9.21. The van der Waals surface area contributed by atoms with E-state index in [-0.39, 0.29) is 6.61 Å². The molecule has 2 heterocycles. The highest BCUT2D eigenvalue weighted by Gasteiger charge is 2.23. The molecule has 6 heteroatoms. The molecule has 0 aromatic carbocycles. The zero-order chi connectivity index (χ0) is 12.3. The topological polar surface area (TPSA) is 84.5 Å². The normalized spacial score (nSPS) is 20.4. The number of rotatable bonds is 3. The third kappa shape index (κ3) is 2.41. The van der Waals surface area contributed by atoms with Gasteiger partial charge in [-0.05, 0) is 18.8 Å². The van der Waals surface area contributed by atoms with Crippen molar-refractivity contribution in [3.8, 4) is 5.88 Å². The highest BCUT2D eigenvalue weighted by molar-refractivity contribution is 5.67. The molecular weight excluding hydrogens is 220 g/mol. The number of aliphatic hydroxyl groups is 1. The number of nitrogen functional groups attached to an aromatic ring is 1. The Bertz CT molecular complexity index is 386. The van der Waals surface area contributed by atoms with Crippen LogP contribution in [0.15, 0.2) is 6.33 Å². The number of methoxy groups -OCH3 is 1. The summed E-state index contributed by atoms with van der Waals surface area (Å²) in [5.74, 6) is 1.40. The Balaban J connectivity index is 2.21. The van der Waals surface area contributed by atoms with Crippen LogP contribution in [-0.4, -0.2) is 41.9 Å². The lowest BCUT2D eigenvalue weighted by Crippen LogP contribution is -2.37. The molecule has 1 saturated heterocycles. The van der Waals surface area contributed by atoms with Gasteiger partial charge in [-0.25, -0.2) is 4.98 Å². The van der Waals surface area contributed by atoms with Crippen LogP contribution in [0.4, 0.5) is 11.5 Å². The molecule has 1 fully saturated rings. The Labute approximate surface area is 100 Å². The molecule has 0 spiro atoms. The van der Waals surface area contributed by atoms with E-state index in [2.05, 4.69) is 14.9 Å². The van der Waals surface area contributed by atoms with E-state index in [1.807, 2.05) is 0 Å². The van der Waals surface area contributed by atoms with Gasteiger partial charge in [0.15, 0.2) is 5.82 Å². The number of ether oxygens (including phenoxy) is 1. The van der Waals surface area contributed by atoms with Crippen molar-refractivity contribution < 1.29 is 9.84 Å². The molecule has 0 saturated carbocycles. The first-order valence-corrected chi connectivity index (χ1v) is 5.76. The molecule has 0 aliphatic carbocycles. The maximum absolute atomic E-state index is 9.21. The molecule has 0 bridgehead atoms. The Hall–Kier alpha value is -1.56. The van der Waals surface area contributed by atoms with Crippen LogP contribution in [0.2, 0.25) is 0 Å². The van der Waals surface area contributed by atoms with Crippen molar-refractivity contribution in [2.75, 3.05) is 37.4 Å². The van der Waals surface area contributed by atoms with Crippen LogP contribution >= 0.6 is 0 Å². The molecule has 1 aliphatic rings. The fourth-order valence-corrected chi connectivity index (χ4v) is 2.19. The van der Waals surface area contributed by atoms with Crippen molar-refractivity contribution in [1.29, 1.82) is 0 Å². The van der Waals surface area contributed by atoms with Gasteiger partial charge in [-0.15, -0.1) is 0 Å². The minimum atomic E-state index is 0.207. The molecule has 1 aromatic rings. The van der Waals surface area contributed by atoms with Gasteiger partial charge in [0.2, 0.25) is 5.88 Å². The number of nitrogens with zero attached hydrogens (tertiary/aromatic N) is 3. The van der Waals surface area contributed by atoms with E-state index < -0.39 is 0 Å². The van der Waals surface area contributed by atoms with E-state index in [1.165, 1.54) is 13.4 Å². The summed E-state index contributed by atoms with van der Waals surface area (Å²) in [6.45, 7) is 1.89. The maximum Gasteiger partial charge on any atom is 0.242 e.